The molecule has 1 fully saturated rings. The smallest absolute Gasteiger partial charge is 0.120 e. The molecule has 0 heterocycles. The zero-order chi connectivity index (χ0) is 14.7. The van der Waals surface area contributed by atoms with E-state index >= 15 is 0 Å². The van der Waals surface area contributed by atoms with Crippen LogP contribution >= 0.6 is 0 Å². The standard InChI is InChI=1S/C18H20N2O/c1-13(17-12-18(17)14-7-4-3-5-8-14)19-20-15-9-6-10-16(11-15)21-2/h3-11,17-18,20H,12H2,1-2H3/b19-13+. The zero-order valence-corrected chi connectivity index (χ0v) is 12.4. The third kappa shape index (κ3) is 3.24. The Morgan fingerprint density at radius 1 is 1.14 bits per heavy atom. The van der Waals surface area contributed by atoms with Crippen LogP contribution in [0.1, 0.15) is 24.8 Å². The Balaban J connectivity index is 1.62. The van der Waals surface area contributed by atoms with Gasteiger partial charge in [-0.1, -0.05) is 36.4 Å². The number of methoxy groups -OCH3 is 1. The van der Waals surface area contributed by atoms with E-state index in [4.69, 9.17) is 4.74 Å². The van der Waals surface area contributed by atoms with Crippen LogP contribution in [0.4, 0.5) is 5.69 Å². The van der Waals surface area contributed by atoms with Crippen LogP contribution in [-0.4, -0.2) is 12.8 Å². The molecular formula is C18H20N2O. The molecule has 108 valence electrons. The molecule has 2 aromatic rings. The number of benzene rings is 2. The first kappa shape index (κ1) is 13.7. The molecule has 0 saturated heterocycles. The lowest BCUT2D eigenvalue weighted by atomic mass is 10.1. The topological polar surface area (TPSA) is 33.6 Å². The molecule has 1 aliphatic rings. The van der Waals surface area contributed by atoms with E-state index in [0.29, 0.717) is 11.8 Å². The Bertz CT molecular complexity index is 637. The molecule has 21 heavy (non-hydrogen) atoms. The van der Waals surface area contributed by atoms with E-state index in [9.17, 15) is 0 Å². The van der Waals surface area contributed by atoms with Crippen LogP contribution in [0.15, 0.2) is 59.7 Å². The molecule has 3 heteroatoms. The van der Waals surface area contributed by atoms with E-state index in [1.165, 1.54) is 12.0 Å². The van der Waals surface area contributed by atoms with Gasteiger partial charge in [0.15, 0.2) is 0 Å². The van der Waals surface area contributed by atoms with Gasteiger partial charge in [-0.2, -0.15) is 5.10 Å². The summed E-state index contributed by atoms with van der Waals surface area (Å²) in [6, 6.07) is 18.5. The van der Waals surface area contributed by atoms with Gasteiger partial charge in [-0.3, -0.25) is 5.43 Å². The lowest BCUT2D eigenvalue weighted by Gasteiger charge is -2.05. The first-order valence-corrected chi connectivity index (χ1v) is 7.27. The number of rotatable bonds is 5. The fourth-order valence-corrected chi connectivity index (χ4v) is 2.65. The van der Waals surface area contributed by atoms with Gasteiger partial charge in [-0.15, -0.1) is 0 Å². The van der Waals surface area contributed by atoms with Crippen LogP contribution in [0.2, 0.25) is 0 Å². The summed E-state index contributed by atoms with van der Waals surface area (Å²) in [5.41, 5.74) is 6.64. The van der Waals surface area contributed by atoms with Gasteiger partial charge in [0.25, 0.3) is 0 Å². The molecule has 0 aliphatic heterocycles. The Kier molecular flexibility index (Phi) is 3.91. The highest BCUT2D eigenvalue weighted by Gasteiger charge is 2.40. The van der Waals surface area contributed by atoms with Crippen molar-refractivity contribution in [2.75, 3.05) is 12.5 Å². The maximum Gasteiger partial charge on any atom is 0.120 e. The van der Waals surface area contributed by atoms with Gasteiger partial charge in [0, 0.05) is 17.7 Å². The van der Waals surface area contributed by atoms with Crippen molar-refractivity contribution in [3.63, 3.8) is 0 Å². The minimum atomic E-state index is 0.561. The average Bonchev–Trinajstić information content (AvgIpc) is 3.34. The van der Waals surface area contributed by atoms with Crippen molar-refractivity contribution in [3.05, 3.63) is 60.2 Å². The highest BCUT2D eigenvalue weighted by molar-refractivity contribution is 5.88. The van der Waals surface area contributed by atoms with E-state index in [2.05, 4.69) is 47.8 Å². The van der Waals surface area contributed by atoms with Gasteiger partial charge < -0.3 is 4.74 Å². The van der Waals surface area contributed by atoms with Crippen LogP contribution < -0.4 is 10.2 Å². The second kappa shape index (κ2) is 6.00. The Hall–Kier alpha value is -2.29. The van der Waals surface area contributed by atoms with Crippen molar-refractivity contribution in [3.8, 4) is 5.75 Å². The third-order valence-corrected chi connectivity index (χ3v) is 3.99. The van der Waals surface area contributed by atoms with Gasteiger partial charge >= 0.3 is 0 Å². The van der Waals surface area contributed by atoms with E-state index < -0.39 is 0 Å². The van der Waals surface area contributed by atoms with Crippen molar-refractivity contribution >= 4 is 11.4 Å². The van der Waals surface area contributed by atoms with E-state index in [0.717, 1.165) is 17.1 Å². The van der Waals surface area contributed by atoms with Crippen molar-refractivity contribution in [1.82, 2.24) is 0 Å². The molecule has 2 aromatic carbocycles. The Labute approximate surface area is 125 Å². The summed E-state index contributed by atoms with van der Waals surface area (Å²) >= 11 is 0. The minimum absolute atomic E-state index is 0.561. The first-order valence-electron chi connectivity index (χ1n) is 7.27. The molecule has 3 nitrogen and oxygen atoms in total. The fourth-order valence-electron chi connectivity index (χ4n) is 2.65. The van der Waals surface area contributed by atoms with Crippen LogP contribution in [0, 0.1) is 5.92 Å². The number of hydrogen-bond donors (Lipinski definition) is 1. The third-order valence-electron chi connectivity index (χ3n) is 3.99. The first-order chi connectivity index (χ1) is 10.3. The van der Waals surface area contributed by atoms with E-state index in [1.807, 2.05) is 24.3 Å². The van der Waals surface area contributed by atoms with E-state index in [1.54, 1.807) is 7.11 Å². The maximum atomic E-state index is 5.21. The summed E-state index contributed by atoms with van der Waals surface area (Å²) in [5.74, 6) is 2.02. The molecule has 0 bridgehead atoms. The summed E-state index contributed by atoms with van der Waals surface area (Å²) in [6.07, 6.45) is 1.19. The summed E-state index contributed by atoms with van der Waals surface area (Å²) in [7, 11) is 1.67. The number of nitrogens with one attached hydrogen (secondary N) is 1. The normalized spacial score (nSPS) is 21.0. The largest absolute Gasteiger partial charge is 0.497 e. The summed E-state index contributed by atoms with van der Waals surface area (Å²) in [5, 5.41) is 4.52. The van der Waals surface area contributed by atoms with Gasteiger partial charge in [0.2, 0.25) is 0 Å². The molecule has 2 atom stereocenters. The quantitative estimate of drug-likeness (QED) is 0.655. The van der Waals surface area contributed by atoms with Crippen LogP contribution in [0.3, 0.4) is 0 Å². The molecule has 0 aromatic heterocycles. The number of anilines is 1. The molecule has 1 aliphatic carbocycles. The highest BCUT2D eigenvalue weighted by atomic mass is 16.5. The molecule has 1 N–H and O–H groups in total. The Morgan fingerprint density at radius 3 is 2.71 bits per heavy atom. The van der Waals surface area contributed by atoms with E-state index in [-0.39, 0.29) is 0 Å². The molecule has 0 radical (unpaired) electrons. The van der Waals surface area contributed by atoms with Crippen LogP contribution in [0.25, 0.3) is 0 Å². The number of ether oxygens (including phenoxy) is 1. The van der Waals surface area contributed by atoms with Crippen molar-refractivity contribution in [1.29, 1.82) is 0 Å². The zero-order valence-electron chi connectivity index (χ0n) is 12.4. The maximum absolute atomic E-state index is 5.21. The SMILES string of the molecule is COc1cccc(N/N=C(\C)C2CC2c2ccccc2)c1. The number of hydrazone groups is 1. The molecule has 2 unspecified atom stereocenters. The number of hydrogen-bond acceptors (Lipinski definition) is 3. The molecular weight excluding hydrogens is 260 g/mol. The van der Waals surface area contributed by atoms with Crippen LogP contribution in [0.5, 0.6) is 5.75 Å². The van der Waals surface area contributed by atoms with Crippen molar-refractivity contribution < 1.29 is 4.74 Å². The monoisotopic (exact) mass is 280 g/mol. The fraction of sp³-hybridized carbons (Fsp3) is 0.278. The summed E-state index contributed by atoms with van der Waals surface area (Å²) in [4.78, 5) is 0. The second-order valence-corrected chi connectivity index (χ2v) is 5.46. The minimum Gasteiger partial charge on any atom is -0.497 e. The molecule has 1 saturated carbocycles. The predicted octanol–water partition coefficient (Wildman–Crippen LogP) is 4.29. The van der Waals surface area contributed by atoms with Gasteiger partial charge in [-0.25, -0.2) is 0 Å². The Morgan fingerprint density at radius 2 is 1.95 bits per heavy atom. The van der Waals surface area contributed by atoms with Crippen LogP contribution in [-0.2, 0) is 0 Å². The summed E-state index contributed by atoms with van der Waals surface area (Å²) in [6.45, 7) is 2.10. The molecule has 3 rings (SSSR count). The lowest BCUT2D eigenvalue weighted by molar-refractivity contribution is 0.415. The predicted molar refractivity (Wildman–Crippen MR) is 87.0 cm³/mol. The summed E-state index contributed by atoms with van der Waals surface area (Å²) < 4.78 is 5.21. The molecule has 0 amide bonds. The van der Waals surface area contributed by atoms with Crippen molar-refractivity contribution in [2.45, 2.75) is 19.3 Å². The van der Waals surface area contributed by atoms with Crippen molar-refractivity contribution in [2.24, 2.45) is 11.0 Å². The highest BCUT2D eigenvalue weighted by Crippen LogP contribution is 2.48. The average molecular weight is 280 g/mol. The second-order valence-electron chi connectivity index (χ2n) is 5.46. The van der Waals surface area contributed by atoms with Gasteiger partial charge in [0.05, 0.1) is 12.8 Å². The number of nitrogens with zero attached hydrogens (tertiary/aromatic N) is 1. The van der Waals surface area contributed by atoms with Gasteiger partial charge in [-0.05, 0) is 37.0 Å². The molecule has 0 spiro atoms. The van der Waals surface area contributed by atoms with Gasteiger partial charge in [0.1, 0.15) is 5.75 Å². The lowest BCUT2D eigenvalue weighted by Crippen LogP contribution is -2.01.